The standard InChI is InChI=1S/C25H30N4O3/c1-28(17-19-7-6-9-21(15-19)32-3)13-14-29(2)18-25(31)27-26-16-23-22-10-5-4-8-20(22)11-12-24(23)30/h4-12,15-16,30H,13-14,17-18H2,1-3H3,(H,27,31)/b26-16+. The molecule has 3 aromatic rings. The molecule has 0 fully saturated rings. The largest absolute Gasteiger partial charge is 0.507 e. The Balaban J connectivity index is 1.45. The maximum Gasteiger partial charge on any atom is 0.254 e. The van der Waals surface area contributed by atoms with Gasteiger partial charge in [-0.05, 0) is 48.6 Å². The molecule has 0 unspecified atom stereocenters. The van der Waals surface area contributed by atoms with E-state index in [1.54, 1.807) is 13.2 Å². The number of phenols is 1. The van der Waals surface area contributed by atoms with Gasteiger partial charge in [-0.3, -0.25) is 9.69 Å². The number of nitrogens with zero attached hydrogens (tertiary/aromatic N) is 3. The van der Waals surface area contributed by atoms with E-state index in [2.05, 4.69) is 21.5 Å². The molecule has 7 heteroatoms. The zero-order valence-electron chi connectivity index (χ0n) is 18.8. The second-order valence-electron chi connectivity index (χ2n) is 7.84. The van der Waals surface area contributed by atoms with Crippen molar-refractivity contribution in [1.29, 1.82) is 0 Å². The summed E-state index contributed by atoms with van der Waals surface area (Å²) in [5.41, 5.74) is 4.30. The monoisotopic (exact) mass is 434 g/mol. The predicted molar refractivity (Wildman–Crippen MR) is 128 cm³/mol. The van der Waals surface area contributed by atoms with Crippen LogP contribution in [-0.4, -0.2) is 67.9 Å². The second-order valence-corrected chi connectivity index (χ2v) is 7.84. The zero-order chi connectivity index (χ0) is 22.9. The minimum atomic E-state index is -0.209. The number of carbonyl (C=O) groups is 1. The fraction of sp³-hybridized carbons (Fsp3) is 0.280. The van der Waals surface area contributed by atoms with Crippen molar-refractivity contribution in [3.8, 4) is 11.5 Å². The topological polar surface area (TPSA) is 77.4 Å². The highest BCUT2D eigenvalue weighted by atomic mass is 16.5. The van der Waals surface area contributed by atoms with Gasteiger partial charge in [0.05, 0.1) is 19.9 Å². The lowest BCUT2D eigenvalue weighted by Crippen LogP contribution is -2.37. The van der Waals surface area contributed by atoms with Crippen molar-refractivity contribution in [3.05, 3.63) is 71.8 Å². The van der Waals surface area contributed by atoms with Crippen LogP contribution in [0, 0.1) is 0 Å². The normalized spacial score (nSPS) is 11.5. The summed E-state index contributed by atoms with van der Waals surface area (Å²) in [5, 5.41) is 16.1. The Bertz CT molecular complexity index is 1080. The predicted octanol–water partition coefficient (Wildman–Crippen LogP) is 3.07. The van der Waals surface area contributed by atoms with Gasteiger partial charge >= 0.3 is 0 Å². The van der Waals surface area contributed by atoms with Gasteiger partial charge in [0.15, 0.2) is 0 Å². The van der Waals surface area contributed by atoms with Crippen molar-refractivity contribution in [2.45, 2.75) is 6.54 Å². The van der Waals surface area contributed by atoms with Crippen LogP contribution in [0.15, 0.2) is 65.8 Å². The number of fused-ring (bicyclic) bond motifs is 1. The van der Waals surface area contributed by atoms with Crippen LogP contribution >= 0.6 is 0 Å². The van der Waals surface area contributed by atoms with Crippen molar-refractivity contribution < 1.29 is 14.6 Å². The zero-order valence-corrected chi connectivity index (χ0v) is 18.8. The number of rotatable bonds is 10. The van der Waals surface area contributed by atoms with Gasteiger partial charge in [-0.25, -0.2) is 5.43 Å². The number of hydrogen-bond donors (Lipinski definition) is 2. The van der Waals surface area contributed by atoms with Crippen LogP contribution in [-0.2, 0) is 11.3 Å². The first-order chi connectivity index (χ1) is 15.5. The summed E-state index contributed by atoms with van der Waals surface area (Å²) in [6.07, 6.45) is 1.48. The van der Waals surface area contributed by atoms with Crippen LogP contribution in [0.1, 0.15) is 11.1 Å². The van der Waals surface area contributed by atoms with Crippen molar-refractivity contribution in [2.24, 2.45) is 5.10 Å². The van der Waals surface area contributed by atoms with Crippen LogP contribution < -0.4 is 10.2 Å². The molecular formula is C25H30N4O3. The second kappa shape index (κ2) is 11.3. The first-order valence-corrected chi connectivity index (χ1v) is 10.5. The van der Waals surface area contributed by atoms with Gasteiger partial charge in [0.1, 0.15) is 11.5 Å². The number of carbonyl (C=O) groups excluding carboxylic acids is 1. The van der Waals surface area contributed by atoms with Crippen molar-refractivity contribution in [2.75, 3.05) is 40.8 Å². The molecule has 3 aromatic carbocycles. The van der Waals surface area contributed by atoms with E-state index in [0.717, 1.165) is 36.2 Å². The first-order valence-electron chi connectivity index (χ1n) is 10.5. The number of benzene rings is 3. The lowest BCUT2D eigenvalue weighted by molar-refractivity contribution is -0.121. The smallest absolute Gasteiger partial charge is 0.254 e. The van der Waals surface area contributed by atoms with E-state index in [-0.39, 0.29) is 18.2 Å². The SMILES string of the molecule is COc1cccc(CN(C)CCN(C)CC(=O)N/N=C/c2c(O)ccc3ccccc23)c1. The molecule has 3 rings (SSSR count). The van der Waals surface area contributed by atoms with Gasteiger partial charge in [0, 0.05) is 25.2 Å². The van der Waals surface area contributed by atoms with E-state index in [0.29, 0.717) is 5.56 Å². The number of amides is 1. The molecule has 0 saturated heterocycles. The molecule has 0 aliphatic rings. The maximum absolute atomic E-state index is 12.2. The molecular weight excluding hydrogens is 404 g/mol. The van der Waals surface area contributed by atoms with Crippen LogP contribution in [0.4, 0.5) is 0 Å². The molecule has 1 amide bonds. The summed E-state index contributed by atoms with van der Waals surface area (Å²) in [6.45, 7) is 2.58. The Kier molecular flexibility index (Phi) is 8.19. The van der Waals surface area contributed by atoms with E-state index in [1.165, 1.54) is 11.8 Å². The van der Waals surface area contributed by atoms with E-state index in [1.807, 2.05) is 67.5 Å². The van der Waals surface area contributed by atoms with Crippen molar-refractivity contribution >= 4 is 22.9 Å². The molecule has 0 radical (unpaired) electrons. The molecule has 0 aromatic heterocycles. The third kappa shape index (κ3) is 6.54. The average molecular weight is 435 g/mol. The van der Waals surface area contributed by atoms with Crippen molar-refractivity contribution in [1.82, 2.24) is 15.2 Å². The van der Waals surface area contributed by atoms with Crippen LogP contribution in [0.5, 0.6) is 11.5 Å². The lowest BCUT2D eigenvalue weighted by Gasteiger charge is -2.21. The molecule has 168 valence electrons. The molecule has 32 heavy (non-hydrogen) atoms. The van der Waals surface area contributed by atoms with Crippen LogP contribution in [0.25, 0.3) is 10.8 Å². The minimum Gasteiger partial charge on any atom is -0.507 e. The Morgan fingerprint density at radius 1 is 1.06 bits per heavy atom. The number of nitrogens with one attached hydrogen (secondary N) is 1. The summed E-state index contributed by atoms with van der Waals surface area (Å²) >= 11 is 0. The lowest BCUT2D eigenvalue weighted by atomic mass is 10.0. The number of phenolic OH excluding ortho intramolecular Hbond substituents is 1. The number of ether oxygens (including phenoxy) is 1. The molecule has 0 atom stereocenters. The summed E-state index contributed by atoms with van der Waals surface area (Å²) in [5.74, 6) is 0.763. The molecule has 0 saturated carbocycles. The van der Waals surface area contributed by atoms with Gasteiger partial charge in [-0.1, -0.05) is 42.5 Å². The summed E-state index contributed by atoms with van der Waals surface area (Å²) < 4.78 is 5.27. The molecule has 0 bridgehead atoms. The molecule has 0 heterocycles. The Morgan fingerprint density at radius 3 is 2.66 bits per heavy atom. The number of hydrogen-bond acceptors (Lipinski definition) is 6. The summed E-state index contributed by atoms with van der Waals surface area (Å²) in [4.78, 5) is 16.4. The highest BCUT2D eigenvalue weighted by Gasteiger charge is 2.09. The molecule has 0 aliphatic heterocycles. The highest BCUT2D eigenvalue weighted by molar-refractivity contribution is 6.02. The van der Waals surface area contributed by atoms with E-state index in [9.17, 15) is 9.90 Å². The third-order valence-corrected chi connectivity index (χ3v) is 5.19. The first kappa shape index (κ1) is 23.2. The van der Waals surface area contributed by atoms with Crippen molar-refractivity contribution in [3.63, 3.8) is 0 Å². The van der Waals surface area contributed by atoms with Gasteiger partial charge in [0.25, 0.3) is 5.91 Å². The molecule has 0 aliphatic carbocycles. The molecule has 2 N–H and O–H groups in total. The number of methoxy groups -OCH3 is 1. The summed E-state index contributed by atoms with van der Waals surface area (Å²) in [7, 11) is 5.62. The average Bonchev–Trinajstić information content (AvgIpc) is 2.79. The number of hydrazone groups is 1. The fourth-order valence-corrected chi connectivity index (χ4v) is 3.45. The Hall–Kier alpha value is -3.42. The summed E-state index contributed by atoms with van der Waals surface area (Å²) in [6, 6.07) is 19.2. The van der Waals surface area contributed by atoms with Gasteiger partial charge in [-0.15, -0.1) is 0 Å². The maximum atomic E-state index is 12.2. The number of likely N-dealkylation sites (N-methyl/N-ethyl adjacent to an activating group) is 2. The van der Waals surface area contributed by atoms with Crippen LogP contribution in [0.2, 0.25) is 0 Å². The van der Waals surface area contributed by atoms with Crippen LogP contribution in [0.3, 0.4) is 0 Å². The van der Waals surface area contributed by atoms with E-state index >= 15 is 0 Å². The number of aromatic hydroxyl groups is 1. The van der Waals surface area contributed by atoms with Gasteiger partial charge in [0.2, 0.25) is 0 Å². The van der Waals surface area contributed by atoms with E-state index < -0.39 is 0 Å². The molecule has 0 spiro atoms. The third-order valence-electron chi connectivity index (χ3n) is 5.19. The van der Waals surface area contributed by atoms with Gasteiger partial charge < -0.3 is 14.7 Å². The van der Waals surface area contributed by atoms with Gasteiger partial charge in [-0.2, -0.15) is 5.10 Å². The van der Waals surface area contributed by atoms with E-state index in [4.69, 9.17) is 4.74 Å². The molecule has 7 nitrogen and oxygen atoms in total. The highest BCUT2D eigenvalue weighted by Crippen LogP contribution is 2.25. The Morgan fingerprint density at radius 2 is 1.84 bits per heavy atom. The Labute approximate surface area is 188 Å². The fourth-order valence-electron chi connectivity index (χ4n) is 3.45. The minimum absolute atomic E-state index is 0.123. The quantitative estimate of drug-likeness (QED) is 0.379.